The van der Waals surface area contributed by atoms with Crippen molar-refractivity contribution in [3.8, 4) is 0 Å². The molecule has 0 aromatic rings. The quantitative estimate of drug-likeness (QED) is 0.648. The normalized spacial score (nSPS) is 18.3. The maximum Gasteiger partial charge on any atom is 0.251 e. The third-order valence-electron chi connectivity index (χ3n) is 1.82. The second kappa shape index (κ2) is 3.97. The van der Waals surface area contributed by atoms with Crippen LogP contribution in [0.4, 0.5) is 8.78 Å². The number of hydrogen-bond acceptors (Lipinski definition) is 2. The van der Waals surface area contributed by atoms with Crippen LogP contribution in [-0.4, -0.2) is 42.2 Å². The fourth-order valence-electron chi connectivity index (χ4n) is 1.17. The van der Waals surface area contributed by atoms with E-state index >= 15 is 0 Å². The number of alkyl halides is 2. The van der Waals surface area contributed by atoms with Crippen molar-refractivity contribution < 1.29 is 13.9 Å². The first kappa shape index (κ1) is 8.87. The maximum absolute atomic E-state index is 11.9. The molecule has 0 aromatic heterocycles. The largest absolute Gasteiger partial charge is 0.395 e. The minimum Gasteiger partial charge on any atom is -0.395 e. The molecule has 0 aliphatic heterocycles. The van der Waals surface area contributed by atoms with E-state index in [-0.39, 0.29) is 13.2 Å². The van der Waals surface area contributed by atoms with Crippen molar-refractivity contribution in [3.05, 3.63) is 0 Å². The number of aliphatic hydroxyl groups is 1. The molecule has 1 aliphatic rings. The van der Waals surface area contributed by atoms with Crippen molar-refractivity contribution in [2.24, 2.45) is 0 Å². The highest BCUT2D eigenvalue weighted by Gasteiger charge is 2.29. The van der Waals surface area contributed by atoms with Gasteiger partial charge in [-0.15, -0.1) is 0 Å². The van der Waals surface area contributed by atoms with E-state index in [0.717, 1.165) is 12.8 Å². The van der Waals surface area contributed by atoms with Crippen LogP contribution in [-0.2, 0) is 0 Å². The minimum absolute atomic E-state index is 0.0246. The van der Waals surface area contributed by atoms with Crippen LogP contribution in [0.2, 0.25) is 0 Å². The molecule has 0 atom stereocenters. The van der Waals surface area contributed by atoms with Crippen molar-refractivity contribution in [2.45, 2.75) is 25.3 Å². The van der Waals surface area contributed by atoms with Gasteiger partial charge in [0.25, 0.3) is 6.43 Å². The highest BCUT2D eigenvalue weighted by molar-refractivity contribution is 4.84. The van der Waals surface area contributed by atoms with Gasteiger partial charge in [0, 0.05) is 12.6 Å². The Morgan fingerprint density at radius 2 is 2.09 bits per heavy atom. The zero-order valence-electron chi connectivity index (χ0n) is 6.34. The van der Waals surface area contributed by atoms with E-state index < -0.39 is 6.43 Å². The zero-order chi connectivity index (χ0) is 8.27. The molecule has 2 nitrogen and oxygen atoms in total. The molecule has 0 unspecified atom stereocenters. The van der Waals surface area contributed by atoms with Gasteiger partial charge in [0.2, 0.25) is 0 Å². The lowest BCUT2D eigenvalue weighted by atomic mass is 10.4. The van der Waals surface area contributed by atoms with Gasteiger partial charge in [-0.2, -0.15) is 0 Å². The lowest BCUT2D eigenvalue weighted by Gasteiger charge is -2.19. The van der Waals surface area contributed by atoms with Crippen molar-refractivity contribution in [3.63, 3.8) is 0 Å². The molecule has 0 saturated heterocycles. The fourth-order valence-corrected chi connectivity index (χ4v) is 1.17. The molecule has 1 aliphatic carbocycles. The Balaban J connectivity index is 2.20. The molecule has 0 spiro atoms. The number of aliphatic hydroxyl groups excluding tert-OH is 1. The van der Waals surface area contributed by atoms with Gasteiger partial charge in [-0.1, -0.05) is 0 Å². The molecule has 0 radical (unpaired) electrons. The van der Waals surface area contributed by atoms with E-state index in [9.17, 15) is 8.78 Å². The molecule has 1 fully saturated rings. The summed E-state index contributed by atoms with van der Waals surface area (Å²) in [6.45, 7) is 0.170. The number of nitrogens with zero attached hydrogens (tertiary/aromatic N) is 1. The van der Waals surface area contributed by atoms with Gasteiger partial charge >= 0.3 is 0 Å². The van der Waals surface area contributed by atoms with Gasteiger partial charge in [-0.25, -0.2) is 8.78 Å². The van der Waals surface area contributed by atoms with Gasteiger partial charge in [0.05, 0.1) is 13.2 Å². The van der Waals surface area contributed by atoms with Gasteiger partial charge < -0.3 is 5.11 Å². The SMILES string of the molecule is OCCN(CC(F)F)C1CC1. The summed E-state index contributed by atoms with van der Waals surface area (Å²) in [7, 11) is 0. The summed E-state index contributed by atoms with van der Waals surface area (Å²) in [6.07, 6.45) is -0.262. The van der Waals surface area contributed by atoms with Gasteiger partial charge in [0.1, 0.15) is 0 Å². The van der Waals surface area contributed by atoms with Crippen LogP contribution < -0.4 is 0 Å². The Morgan fingerprint density at radius 3 is 2.45 bits per heavy atom. The summed E-state index contributed by atoms with van der Waals surface area (Å²) >= 11 is 0. The van der Waals surface area contributed by atoms with E-state index in [4.69, 9.17) is 5.11 Å². The lowest BCUT2D eigenvalue weighted by molar-refractivity contribution is 0.0743. The zero-order valence-corrected chi connectivity index (χ0v) is 6.34. The number of hydrogen-bond donors (Lipinski definition) is 1. The third kappa shape index (κ3) is 3.12. The first-order chi connectivity index (χ1) is 5.24. The molecule has 11 heavy (non-hydrogen) atoms. The van der Waals surface area contributed by atoms with Gasteiger partial charge in [0.15, 0.2) is 0 Å². The fraction of sp³-hybridized carbons (Fsp3) is 1.00. The van der Waals surface area contributed by atoms with Crippen molar-refractivity contribution in [1.29, 1.82) is 0 Å². The number of rotatable bonds is 5. The second-order valence-electron chi connectivity index (χ2n) is 2.84. The summed E-state index contributed by atoms with van der Waals surface area (Å²) < 4.78 is 23.7. The molecule has 66 valence electrons. The van der Waals surface area contributed by atoms with Crippen LogP contribution >= 0.6 is 0 Å². The first-order valence-electron chi connectivity index (χ1n) is 3.87. The van der Waals surface area contributed by atoms with E-state index in [1.165, 1.54) is 0 Å². The summed E-state index contributed by atoms with van der Waals surface area (Å²) in [4.78, 5) is 1.66. The van der Waals surface area contributed by atoms with E-state index in [1.54, 1.807) is 4.90 Å². The Kier molecular flexibility index (Phi) is 3.20. The summed E-state index contributed by atoms with van der Waals surface area (Å²) in [5, 5.41) is 8.54. The standard InChI is InChI=1S/C7H13F2NO/c8-7(9)5-10(3-4-11)6-1-2-6/h6-7,11H,1-5H2. The summed E-state index contributed by atoms with van der Waals surface area (Å²) in [6, 6.07) is 0.316. The molecule has 1 N–H and O–H groups in total. The van der Waals surface area contributed by atoms with Gasteiger partial charge in [-0.05, 0) is 12.8 Å². The van der Waals surface area contributed by atoms with Crippen LogP contribution in [0.25, 0.3) is 0 Å². The summed E-state index contributed by atoms with van der Waals surface area (Å²) in [5.41, 5.74) is 0. The van der Waals surface area contributed by atoms with Crippen molar-refractivity contribution in [2.75, 3.05) is 19.7 Å². The first-order valence-corrected chi connectivity index (χ1v) is 3.87. The third-order valence-corrected chi connectivity index (χ3v) is 1.82. The minimum atomic E-state index is -2.28. The van der Waals surface area contributed by atoms with Crippen molar-refractivity contribution >= 4 is 0 Å². The molecular weight excluding hydrogens is 152 g/mol. The van der Waals surface area contributed by atoms with Crippen LogP contribution in [0.1, 0.15) is 12.8 Å². The molecule has 1 rings (SSSR count). The second-order valence-corrected chi connectivity index (χ2v) is 2.84. The molecule has 0 amide bonds. The Morgan fingerprint density at radius 1 is 1.45 bits per heavy atom. The van der Waals surface area contributed by atoms with E-state index in [0.29, 0.717) is 12.6 Å². The average Bonchev–Trinajstić information content (AvgIpc) is 2.66. The Bertz CT molecular complexity index is 117. The van der Waals surface area contributed by atoms with Crippen LogP contribution in [0.3, 0.4) is 0 Å². The molecule has 1 saturated carbocycles. The highest BCUT2D eigenvalue weighted by atomic mass is 19.3. The molecular formula is C7H13F2NO. The maximum atomic E-state index is 11.9. The van der Waals surface area contributed by atoms with Crippen LogP contribution in [0, 0.1) is 0 Å². The molecule has 0 heterocycles. The summed E-state index contributed by atoms with van der Waals surface area (Å²) in [5.74, 6) is 0. The van der Waals surface area contributed by atoms with Crippen molar-refractivity contribution in [1.82, 2.24) is 4.90 Å². The van der Waals surface area contributed by atoms with Crippen LogP contribution in [0.5, 0.6) is 0 Å². The van der Waals surface area contributed by atoms with Gasteiger partial charge in [-0.3, -0.25) is 4.90 Å². The molecule has 0 aromatic carbocycles. The predicted octanol–water partition coefficient (Wildman–Crippen LogP) is 0.708. The average molecular weight is 165 g/mol. The van der Waals surface area contributed by atoms with E-state index in [1.807, 2.05) is 0 Å². The number of halogens is 2. The monoisotopic (exact) mass is 165 g/mol. The topological polar surface area (TPSA) is 23.5 Å². The Labute approximate surface area is 64.8 Å². The lowest BCUT2D eigenvalue weighted by Crippen LogP contribution is -2.33. The molecule has 0 bridgehead atoms. The predicted molar refractivity (Wildman–Crippen MR) is 37.7 cm³/mol. The van der Waals surface area contributed by atoms with Crippen LogP contribution in [0.15, 0.2) is 0 Å². The Hall–Kier alpha value is -0.220. The van der Waals surface area contributed by atoms with E-state index in [2.05, 4.69) is 0 Å². The highest BCUT2D eigenvalue weighted by Crippen LogP contribution is 2.26. The smallest absolute Gasteiger partial charge is 0.251 e. The molecule has 4 heteroatoms.